The van der Waals surface area contributed by atoms with E-state index in [1.807, 2.05) is 64.1 Å². The van der Waals surface area contributed by atoms with E-state index in [1.54, 1.807) is 24.3 Å². The molecule has 0 aliphatic rings. The molecule has 0 bridgehead atoms. The first kappa shape index (κ1) is 20.1. The molecule has 0 radical (unpaired) electrons. The zero-order valence-electron chi connectivity index (χ0n) is 17.1. The van der Waals surface area contributed by atoms with Gasteiger partial charge in [0.15, 0.2) is 0 Å². The number of carbonyl (C=O) groups excluding carboxylic acids is 2. The van der Waals surface area contributed by atoms with Crippen LogP contribution in [-0.2, 0) is 0 Å². The van der Waals surface area contributed by atoms with E-state index in [0.29, 0.717) is 11.3 Å². The summed E-state index contributed by atoms with van der Waals surface area (Å²) in [6, 6.07) is 18.0. The quantitative estimate of drug-likeness (QED) is 0.528. The standard InChI is InChI=1S/C24H25N3O2/c1-15-11-12-21(13-17(15)3)25-23(28)19-8-6-9-20(14-19)26-24(29)27-22-10-5-7-16(2)18(22)4/h5-14H,1-4H3,(H,25,28)(H2,26,27,29). The molecule has 3 aromatic rings. The maximum Gasteiger partial charge on any atom is 0.323 e. The van der Waals surface area contributed by atoms with Gasteiger partial charge in [-0.1, -0.05) is 24.3 Å². The van der Waals surface area contributed by atoms with E-state index in [9.17, 15) is 9.59 Å². The highest BCUT2D eigenvalue weighted by atomic mass is 16.2. The van der Waals surface area contributed by atoms with Gasteiger partial charge in [0.25, 0.3) is 5.91 Å². The molecule has 0 aliphatic carbocycles. The molecule has 3 rings (SSSR count). The van der Waals surface area contributed by atoms with Crippen LogP contribution in [0.3, 0.4) is 0 Å². The van der Waals surface area contributed by atoms with Crippen molar-refractivity contribution in [1.29, 1.82) is 0 Å². The number of anilines is 3. The van der Waals surface area contributed by atoms with Crippen LogP contribution in [0, 0.1) is 27.7 Å². The molecule has 148 valence electrons. The lowest BCUT2D eigenvalue weighted by atomic mass is 10.1. The molecule has 29 heavy (non-hydrogen) atoms. The Morgan fingerprint density at radius 3 is 2.14 bits per heavy atom. The highest BCUT2D eigenvalue weighted by Gasteiger charge is 2.10. The summed E-state index contributed by atoms with van der Waals surface area (Å²) in [5.74, 6) is -0.230. The summed E-state index contributed by atoms with van der Waals surface area (Å²) >= 11 is 0. The fourth-order valence-electron chi connectivity index (χ4n) is 2.93. The Balaban J connectivity index is 1.68. The number of hydrogen-bond acceptors (Lipinski definition) is 2. The summed E-state index contributed by atoms with van der Waals surface area (Å²) in [5.41, 5.74) is 6.91. The van der Waals surface area contributed by atoms with Crippen molar-refractivity contribution < 1.29 is 9.59 Å². The van der Waals surface area contributed by atoms with Crippen molar-refractivity contribution in [3.63, 3.8) is 0 Å². The highest BCUT2D eigenvalue weighted by molar-refractivity contribution is 6.06. The number of carbonyl (C=O) groups is 2. The van der Waals surface area contributed by atoms with Crippen molar-refractivity contribution in [1.82, 2.24) is 0 Å². The van der Waals surface area contributed by atoms with Crippen LogP contribution in [0.1, 0.15) is 32.6 Å². The van der Waals surface area contributed by atoms with Crippen LogP contribution in [-0.4, -0.2) is 11.9 Å². The van der Waals surface area contributed by atoms with Crippen molar-refractivity contribution in [2.75, 3.05) is 16.0 Å². The van der Waals surface area contributed by atoms with E-state index < -0.39 is 0 Å². The summed E-state index contributed by atoms with van der Waals surface area (Å²) in [4.78, 5) is 24.9. The topological polar surface area (TPSA) is 70.2 Å². The first-order valence-corrected chi connectivity index (χ1v) is 9.46. The van der Waals surface area contributed by atoms with Crippen LogP contribution in [0.25, 0.3) is 0 Å². The zero-order valence-corrected chi connectivity index (χ0v) is 17.1. The van der Waals surface area contributed by atoms with E-state index in [2.05, 4.69) is 16.0 Å². The third-order valence-corrected chi connectivity index (χ3v) is 5.00. The van der Waals surface area contributed by atoms with Crippen molar-refractivity contribution in [2.45, 2.75) is 27.7 Å². The summed E-state index contributed by atoms with van der Waals surface area (Å²) in [7, 11) is 0. The molecule has 0 fully saturated rings. The summed E-state index contributed by atoms with van der Waals surface area (Å²) in [5, 5.41) is 8.52. The molecular weight excluding hydrogens is 362 g/mol. The highest BCUT2D eigenvalue weighted by Crippen LogP contribution is 2.19. The molecule has 0 aromatic heterocycles. The molecule has 0 saturated heterocycles. The van der Waals surface area contributed by atoms with Gasteiger partial charge in [0, 0.05) is 22.6 Å². The van der Waals surface area contributed by atoms with Gasteiger partial charge in [0.2, 0.25) is 0 Å². The second-order valence-corrected chi connectivity index (χ2v) is 7.16. The van der Waals surface area contributed by atoms with Gasteiger partial charge in [-0.15, -0.1) is 0 Å². The Hall–Kier alpha value is -3.60. The lowest BCUT2D eigenvalue weighted by Crippen LogP contribution is -2.20. The molecule has 0 heterocycles. The summed E-state index contributed by atoms with van der Waals surface area (Å²) in [6.45, 7) is 7.99. The zero-order chi connectivity index (χ0) is 21.0. The second kappa shape index (κ2) is 8.61. The van der Waals surface area contributed by atoms with Crippen LogP contribution >= 0.6 is 0 Å². The van der Waals surface area contributed by atoms with E-state index in [0.717, 1.165) is 28.1 Å². The summed E-state index contributed by atoms with van der Waals surface area (Å²) < 4.78 is 0. The van der Waals surface area contributed by atoms with Crippen molar-refractivity contribution in [3.05, 3.63) is 88.5 Å². The van der Waals surface area contributed by atoms with E-state index >= 15 is 0 Å². The Bertz CT molecular complexity index is 1070. The van der Waals surface area contributed by atoms with Gasteiger partial charge in [-0.2, -0.15) is 0 Å². The minimum atomic E-state index is -0.356. The van der Waals surface area contributed by atoms with Gasteiger partial charge >= 0.3 is 6.03 Å². The average molecular weight is 387 g/mol. The predicted octanol–water partition coefficient (Wildman–Crippen LogP) is 5.82. The molecular formula is C24H25N3O2. The Morgan fingerprint density at radius 1 is 0.655 bits per heavy atom. The first-order chi connectivity index (χ1) is 13.8. The van der Waals surface area contributed by atoms with Crippen LogP contribution in [0.5, 0.6) is 0 Å². The SMILES string of the molecule is Cc1ccc(NC(=O)c2cccc(NC(=O)Nc3cccc(C)c3C)c2)cc1C. The molecule has 0 saturated carbocycles. The van der Waals surface area contributed by atoms with Gasteiger partial charge in [0.05, 0.1) is 0 Å². The molecule has 0 atom stereocenters. The maximum absolute atomic E-state index is 12.6. The van der Waals surface area contributed by atoms with Gasteiger partial charge in [-0.3, -0.25) is 4.79 Å². The second-order valence-electron chi connectivity index (χ2n) is 7.16. The van der Waals surface area contributed by atoms with Crippen LogP contribution in [0.4, 0.5) is 21.9 Å². The number of urea groups is 1. The molecule has 0 aliphatic heterocycles. The monoisotopic (exact) mass is 387 g/mol. The lowest BCUT2D eigenvalue weighted by molar-refractivity contribution is 0.102. The number of nitrogens with one attached hydrogen (secondary N) is 3. The molecule has 3 aromatic carbocycles. The number of benzene rings is 3. The largest absolute Gasteiger partial charge is 0.323 e. The smallest absolute Gasteiger partial charge is 0.322 e. The molecule has 3 N–H and O–H groups in total. The third kappa shape index (κ3) is 5.02. The molecule has 5 heteroatoms. The molecule has 5 nitrogen and oxygen atoms in total. The minimum absolute atomic E-state index is 0.230. The lowest BCUT2D eigenvalue weighted by Gasteiger charge is -2.12. The fraction of sp³-hybridized carbons (Fsp3) is 0.167. The molecule has 0 spiro atoms. The predicted molar refractivity (Wildman–Crippen MR) is 119 cm³/mol. The minimum Gasteiger partial charge on any atom is -0.322 e. The first-order valence-electron chi connectivity index (χ1n) is 9.46. The van der Waals surface area contributed by atoms with Crippen LogP contribution in [0.2, 0.25) is 0 Å². The van der Waals surface area contributed by atoms with Gasteiger partial charge in [-0.05, 0) is 86.3 Å². The van der Waals surface area contributed by atoms with Gasteiger partial charge in [-0.25, -0.2) is 4.79 Å². The Labute approximate surface area is 171 Å². The molecule has 3 amide bonds. The van der Waals surface area contributed by atoms with E-state index in [4.69, 9.17) is 0 Å². The number of rotatable bonds is 4. The van der Waals surface area contributed by atoms with Crippen LogP contribution in [0.15, 0.2) is 60.7 Å². The number of aryl methyl sites for hydroxylation is 3. The number of amides is 3. The fourth-order valence-corrected chi connectivity index (χ4v) is 2.93. The normalized spacial score (nSPS) is 10.3. The average Bonchev–Trinajstić information content (AvgIpc) is 2.68. The molecule has 0 unspecified atom stereocenters. The van der Waals surface area contributed by atoms with E-state index in [-0.39, 0.29) is 11.9 Å². The van der Waals surface area contributed by atoms with Gasteiger partial charge < -0.3 is 16.0 Å². The number of hydrogen-bond donors (Lipinski definition) is 3. The Kier molecular flexibility index (Phi) is 5.98. The van der Waals surface area contributed by atoms with Crippen LogP contribution < -0.4 is 16.0 Å². The van der Waals surface area contributed by atoms with Crippen molar-refractivity contribution in [3.8, 4) is 0 Å². The summed E-state index contributed by atoms with van der Waals surface area (Å²) in [6.07, 6.45) is 0. The van der Waals surface area contributed by atoms with Crippen molar-refractivity contribution >= 4 is 29.0 Å². The third-order valence-electron chi connectivity index (χ3n) is 5.00. The van der Waals surface area contributed by atoms with E-state index in [1.165, 1.54) is 5.56 Å². The van der Waals surface area contributed by atoms with Crippen molar-refractivity contribution in [2.24, 2.45) is 0 Å². The maximum atomic E-state index is 12.6. The Morgan fingerprint density at radius 2 is 1.38 bits per heavy atom. The van der Waals surface area contributed by atoms with Gasteiger partial charge in [0.1, 0.15) is 0 Å².